The summed E-state index contributed by atoms with van der Waals surface area (Å²) in [6.07, 6.45) is 2.19. The van der Waals surface area contributed by atoms with E-state index in [0.29, 0.717) is 18.8 Å². The van der Waals surface area contributed by atoms with Gasteiger partial charge in [-0.3, -0.25) is 33.6 Å². The zero-order valence-corrected chi connectivity index (χ0v) is 27.8. The summed E-state index contributed by atoms with van der Waals surface area (Å²) in [6.45, 7) is 3.97. The lowest BCUT2D eigenvalue weighted by atomic mass is 10.1. The van der Waals surface area contributed by atoms with Crippen LogP contribution in [-0.4, -0.2) is 133 Å². The number of nitrogens with one attached hydrogen (secondary N) is 1. The fourth-order valence-electron chi connectivity index (χ4n) is 2.81. The van der Waals surface area contributed by atoms with Crippen LogP contribution < -0.4 is 34.0 Å². The number of nitrogens with two attached hydrogens (primary N) is 5. The molecule has 1 heterocycles. The van der Waals surface area contributed by atoms with Crippen LogP contribution >= 0.6 is 0 Å². The highest BCUT2D eigenvalue weighted by Crippen LogP contribution is 2.04. The van der Waals surface area contributed by atoms with Gasteiger partial charge >= 0.3 is 41.8 Å². The largest absolute Gasteiger partial charge is 0.481 e. The molecule has 0 amide bonds. The first-order valence-corrected chi connectivity index (χ1v) is 14.7. The lowest BCUT2D eigenvalue weighted by Gasteiger charge is -2.07. The van der Waals surface area contributed by atoms with Crippen molar-refractivity contribution in [2.24, 2.45) is 34.6 Å². The maximum atomic E-state index is 10.4. The van der Waals surface area contributed by atoms with E-state index in [0.717, 1.165) is 24.9 Å². The highest BCUT2D eigenvalue weighted by atomic mass is 16.4. The number of rotatable bonds is 13. The molecule has 0 radical (unpaired) electrons. The fourth-order valence-corrected chi connectivity index (χ4v) is 2.81. The number of aliphatic hydroxyl groups excluding tert-OH is 1. The van der Waals surface area contributed by atoms with Gasteiger partial charge in [0.2, 0.25) is 0 Å². The Labute approximate surface area is 288 Å². The molecule has 1 aromatic carbocycles. The van der Waals surface area contributed by atoms with Crippen LogP contribution in [-0.2, 0) is 40.0 Å². The predicted molar refractivity (Wildman–Crippen MR) is 177 cm³/mol. The molecule has 0 spiro atoms. The molecule has 0 bridgehead atoms. The van der Waals surface area contributed by atoms with E-state index in [9.17, 15) is 33.6 Å². The van der Waals surface area contributed by atoms with E-state index in [4.69, 9.17) is 63.8 Å². The van der Waals surface area contributed by atoms with Crippen LogP contribution in [0, 0.1) is 5.92 Å². The van der Waals surface area contributed by atoms with Crippen molar-refractivity contribution in [2.75, 3.05) is 19.7 Å². The molecule has 1 fully saturated rings. The molecule has 0 aromatic heterocycles. The summed E-state index contributed by atoms with van der Waals surface area (Å²) in [6, 6.07) is 5.17. The number of aliphatic carboxylic acids is 7. The Kier molecular flexibility index (Phi) is 32.8. The molecule has 0 aliphatic carbocycles. The first-order chi connectivity index (χ1) is 23.0. The first-order valence-electron chi connectivity index (χ1n) is 14.7. The monoisotopic (exact) mass is 724 g/mol. The number of carboxylic acids is 7. The molecule has 21 nitrogen and oxygen atoms in total. The number of hydrogen-bond acceptors (Lipinski definition) is 14. The Morgan fingerprint density at radius 3 is 1.36 bits per heavy atom. The summed E-state index contributed by atoms with van der Waals surface area (Å²) in [5, 5.41) is 67.6. The second-order valence-corrected chi connectivity index (χ2v) is 10.5. The summed E-state index contributed by atoms with van der Waals surface area (Å²) in [4.78, 5) is 69.1. The summed E-state index contributed by atoms with van der Waals surface area (Å²) in [5.74, 6) is -6.88. The van der Waals surface area contributed by atoms with E-state index in [1.54, 1.807) is 0 Å². The van der Waals surface area contributed by atoms with Crippen LogP contribution in [0.5, 0.6) is 0 Å². The van der Waals surface area contributed by atoms with Crippen LogP contribution in [0.2, 0.25) is 0 Å². The van der Waals surface area contributed by atoms with Crippen LogP contribution in [0.25, 0.3) is 0 Å². The van der Waals surface area contributed by atoms with Crippen molar-refractivity contribution in [3.05, 3.63) is 35.9 Å². The molecule has 288 valence electrons. The number of aliphatic hydroxyl groups is 1. The van der Waals surface area contributed by atoms with Gasteiger partial charge < -0.3 is 74.8 Å². The third kappa shape index (κ3) is 36.1. The summed E-state index contributed by atoms with van der Waals surface area (Å²) < 4.78 is 0. The number of carboxylic acid groups (broad SMARTS) is 7. The predicted octanol–water partition coefficient (Wildman–Crippen LogP) is -2.80. The van der Waals surface area contributed by atoms with E-state index < -0.39 is 79.0 Å². The van der Waals surface area contributed by atoms with Gasteiger partial charge in [0.05, 0.1) is 19.6 Å². The standard InChI is InChI=1S/C9H11NO2.C6H13NO2.C5H9NO2.C4H7NO4.C3H7NO3.C2H5NO2/c10-8(9(11)12)6-7-4-2-1-3-5-7;1-4(2)3-5(7)6(8)9;7-5(8)4-2-1-3-6-4;5-2(4(8)9)1-3(6)7;4-2(1-5)3(6)7;3-1-2(4)5/h1-5,8H,6,10H2,(H,11,12);4-5H,3,7H2,1-2H3,(H,8,9);4,6H,1-3H2,(H,7,8);2H,1,5H2,(H,6,7)(H,8,9);2,5H,1,4H2,(H,6,7);1,3H2,(H,4,5)/t;;4-;;;/m..0.../s1. The topological polar surface area (TPSA) is 423 Å². The first kappa shape index (κ1) is 52.1. The molecule has 0 saturated carbocycles. The van der Waals surface area contributed by atoms with Crippen molar-refractivity contribution in [3.63, 3.8) is 0 Å². The van der Waals surface area contributed by atoms with Crippen LogP contribution in [0.15, 0.2) is 30.3 Å². The number of benzene rings is 1. The van der Waals surface area contributed by atoms with Gasteiger partial charge in [-0.1, -0.05) is 44.2 Å². The molecule has 1 aliphatic rings. The van der Waals surface area contributed by atoms with Gasteiger partial charge in [0.1, 0.15) is 30.2 Å². The molecule has 50 heavy (non-hydrogen) atoms. The minimum atomic E-state index is -1.29. The third-order valence-corrected chi connectivity index (χ3v) is 5.42. The number of carbonyl (C=O) groups is 7. The van der Waals surface area contributed by atoms with Gasteiger partial charge in [-0.05, 0) is 43.7 Å². The molecule has 1 aliphatic heterocycles. The van der Waals surface area contributed by atoms with E-state index in [1.807, 2.05) is 44.2 Å². The zero-order valence-electron chi connectivity index (χ0n) is 27.8. The Bertz CT molecular complexity index is 1140. The lowest BCUT2D eigenvalue weighted by molar-refractivity contribution is -0.144. The smallest absolute Gasteiger partial charge is 0.322 e. The van der Waals surface area contributed by atoms with Gasteiger partial charge in [-0.15, -0.1) is 0 Å². The van der Waals surface area contributed by atoms with E-state index in [-0.39, 0.29) is 12.6 Å². The minimum Gasteiger partial charge on any atom is -0.481 e. The molecule has 4 unspecified atom stereocenters. The second-order valence-electron chi connectivity index (χ2n) is 10.5. The lowest BCUT2D eigenvalue weighted by Crippen LogP contribution is -2.33. The van der Waals surface area contributed by atoms with E-state index in [2.05, 4.69) is 11.1 Å². The van der Waals surface area contributed by atoms with Crippen LogP contribution in [0.4, 0.5) is 0 Å². The fraction of sp³-hybridized carbons (Fsp3) is 0.552. The Hall–Kier alpha value is -4.77. The Balaban J connectivity index is -0.000000259. The van der Waals surface area contributed by atoms with Crippen molar-refractivity contribution in [3.8, 4) is 0 Å². The van der Waals surface area contributed by atoms with E-state index >= 15 is 0 Å². The highest BCUT2D eigenvalue weighted by molar-refractivity contribution is 5.80. The molecule has 5 atom stereocenters. The Morgan fingerprint density at radius 2 is 1.16 bits per heavy atom. The van der Waals surface area contributed by atoms with Gasteiger partial charge in [0.25, 0.3) is 0 Å². The molecular weight excluding hydrogens is 672 g/mol. The maximum Gasteiger partial charge on any atom is 0.322 e. The molecule has 1 saturated heterocycles. The maximum absolute atomic E-state index is 10.4. The molecule has 2 rings (SSSR count). The van der Waals surface area contributed by atoms with Gasteiger partial charge in [-0.2, -0.15) is 0 Å². The molecular formula is C29H52N6O15. The van der Waals surface area contributed by atoms with Gasteiger partial charge in [0.15, 0.2) is 0 Å². The normalized spacial score (nSPS) is 14.9. The second kappa shape index (κ2) is 31.5. The SMILES string of the molecule is CC(C)CC(N)C(=O)O.NC(CC(=O)O)C(=O)O.NC(CO)C(=O)O.NC(Cc1ccccc1)C(=O)O.NCC(=O)O.O=C(O)[C@@H]1CCCN1. The van der Waals surface area contributed by atoms with Crippen LogP contribution in [0.3, 0.4) is 0 Å². The zero-order chi connectivity index (χ0) is 40.0. The average Bonchev–Trinajstić information content (AvgIpc) is 3.58. The molecule has 21 heteroatoms. The molecule has 1 aromatic rings. The van der Waals surface area contributed by atoms with Crippen molar-refractivity contribution in [1.29, 1.82) is 0 Å². The third-order valence-electron chi connectivity index (χ3n) is 5.42. The average molecular weight is 725 g/mol. The van der Waals surface area contributed by atoms with Crippen molar-refractivity contribution < 1.29 is 74.4 Å². The van der Waals surface area contributed by atoms with E-state index in [1.165, 1.54) is 0 Å². The Morgan fingerprint density at radius 1 is 0.720 bits per heavy atom. The van der Waals surface area contributed by atoms with Crippen molar-refractivity contribution >= 4 is 41.8 Å². The quantitative estimate of drug-likeness (QED) is 0.0976. The molecule has 19 N–H and O–H groups in total. The summed E-state index contributed by atoms with van der Waals surface area (Å²) in [7, 11) is 0. The summed E-state index contributed by atoms with van der Waals surface area (Å²) >= 11 is 0. The summed E-state index contributed by atoms with van der Waals surface area (Å²) in [5.41, 5.74) is 25.7. The van der Waals surface area contributed by atoms with Gasteiger partial charge in [-0.25, -0.2) is 0 Å². The number of hydrogen-bond donors (Lipinski definition) is 14. The van der Waals surface area contributed by atoms with Gasteiger partial charge in [0, 0.05) is 0 Å². The van der Waals surface area contributed by atoms with Crippen molar-refractivity contribution in [1.82, 2.24) is 5.32 Å². The minimum absolute atomic E-state index is 0.269. The highest BCUT2D eigenvalue weighted by Gasteiger charge is 2.20. The van der Waals surface area contributed by atoms with Crippen LogP contribution in [0.1, 0.15) is 45.1 Å². The van der Waals surface area contributed by atoms with Crippen molar-refractivity contribution in [2.45, 2.75) is 76.2 Å².